The minimum absolute atomic E-state index is 0.281. The van der Waals surface area contributed by atoms with Crippen LogP contribution >= 0.6 is 0 Å². The van der Waals surface area contributed by atoms with Gasteiger partial charge in [-0.2, -0.15) is 8.42 Å². The molecule has 0 spiro atoms. The van der Waals surface area contributed by atoms with Crippen molar-refractivity contribution in [2.75, 3.05) is 11.9 Å². The number of hydrogen-bond donors (Lipinski definition) is 3. The van der Waals surface area contributed by atoms with Gasteiger partial charge in [-0.1, -0.05) is 12.1 Å². The fourth-order valence-corrected chi connectivity index (χ4v) is 3.44. The number of hydrogen-bond acceptors (Lipinski definition) is 6. The molecule has 0 radical (unpaired) electrons. The van der Waals surface area contributed by atoms with E-state index in [2.05, 4.69) is 5.32 Å². The summed E-state index contributed by atoms with van der Waals surface area (Å²) in [4.78, 5) is 12.1. The van der Waals surface area contributed by atoms with Gasteiger partial charge in [-0.25, -0.2) is 9.52 Å². The molecule has 0 saturated heterocycles. The van der Waals surface area contributed by atoms with Crippen molar-refractivity contribution in [2.45, 2.75) is 37.4 Å². The molecular formula is C17H20N2O6S. The molecule has 3 rings (SSSR count). The molecule has 0 saturated carbocycles. The van der Waals surface area contributed by atoms with E-state index in [9.17, 15) is 18.3 Å². The average Bonchev–Trinajstić information content (AvgIpc) is 3.06. The van der Waals surface area contributed by atoms with Crippen molar-refractivity contribution in [3.63, 3.8) is 0 Å². The van der Waals surface area contributed by atoms with Gasteiger partial charge in [0.15, 0.2) is 0 Å². The van der Waals surface area contributed by atoms with Gasteiger partial charge in [0.2, 0.25) is 5.09 Å². The SMILES string of the molecule is CC(C)(O)c1coc(S(=O)(=O)NC(=O)Nc2cccc3c2OCCC3)c1. The van der Waals surface area contributed by atoms with Gasteiger partial charge < -0.3 is 19.6 Å². The first-order valence-corrected chi connectivity index (χ1v) is 9.55. The number of para-hydroxylation sites is 1. The van der Waals surface area contributed by atoms with E-state index in [4.69, 9.17) is 9.15 Å². The van der Waals surface area contributed by atoms with Crippen LogP contribution in [0.15, 0.2) is 40.0 Å². The lowest BCUT2D eigenvalue weighted by molar-refractivity contribution is 0.0779. The van der Waals surface area contributed by atoms with Crippen molar-refractivity contribution in [1.29, 1.82) is 0 Å². The van der Waals surface area contributed by atoms with Crippen LogP contribution < -0.4 is 14.8 Å². The number of ether oxygens (including phenoxy) is 1. The molecule has 1 aromatic carbocycles. The van der Waals surface area contributed by atoms with Crippen LogP contribution in [-0.4, -0.2) is 26.2 Å². The number of sulfonamides is 1. The van der Waals surface area contributed by atoms with Crippen LogP contribution in [0.4, 0.5) is 10.5 Å². The maximum Gasteiger partial charge on any atom is 0.333 e. The molecule has 26 heavy (non-hydrogen) atoms. The Balaban J connectivity index is 1.75. The van der Waals surface area contributed by atoms with Crippen LogP contribution in [0.2, 0.25) is 0 Å². The topological polar surface area (TPSA) is 118 Å². The highest BCUT2D eigenvalue weighted by Gasteiger charge is 2.26. The van der Waals surface area contributed by atoms with E-state index in [1.165, 1.54) is 19.9 Å². The average molecular weight is 380 g/mol. The van der Waals surface area contributed by atoms with E-state index in [1.54, 1.807) is 12.1 Å². The molecule has 0 unspecified atom stereocenters. The monoisotopic (exact) mass is 380 g/mol. The molecule has 1 aliphatic rings. The number of fused-ring (bicyclic) bond motifs is 1. The van der Waals surface area contributed by atoms with E-state index in [0.717, 1.165) is 24.7 Å². The van der Waals surface area contributed by atoms with Crippen LogP contribution in [0, 0.1) is 0 Å². The first-order valence-electron chi connectivity index (χ1n) is 8.07. The standard InChI is InChI=1S/C17H20N2O6S/c1-17(2,21)12-9-14(25-10-12)26(22,23)19-16(20)18-13-7-3-5-11-6-4-8-24-15(11)13/h3,5,7,9-10,21H,4,6,8H2,1-2H3,(H2,18,19,20). The van der Waals surface area contributed by atoms with Crippen molar-refractivity contribution in [3.8, 4) is 5.75 Å². The lowest BCUT2D eigenvalue weighted by atomic mass is 10.0. The van der Waals surface area contributed by atoms with Crippen molar-refractivity contribution in [1.82, 2.24) is 4.72 Å². The van der Waals surface area contributed by atoms with Crippen LogP contribution in [0.25, 0.3) is 0 Å². The van der Waals surface area contributed by atoms with E-state index in [-0.39, 0.29) is 5.56 Å². The molecule has 2 amide bonds. The molecule has 2 aromatic rings. The van der Waals surface area contributed by atoms with Crippen molar-refractivity contribution < 1.29 is 27.5 Å². The molecule has 1 aromatic heterocycles. The van der Waals surface area contributed by atoms with Crippen molar-refractivity contribution in [2.24, 2.45) is 0 Å². The summed E-state index contributed by atoms with van der Waals surface area (Å²) in [5.74, 6) is 0.550. The van der Waals surface area contributed by atoms with Crippen LogP contribution in [-0.2, 0) is 22.0 Å². The number of amides is 2. The first-order chi connectivity index (χ1) is 12.2. The van der Waals surface area contributed by atoms with Crippen molar-refractivity contribution in [3.05, 3.63) is 41.7 Å². The predicted octanol–water partition coefficient (Wildman–Crippen LogP) is 2.34. The minimum Gasteiger partial charge on any atom is -0.491 e. The van der Waals surface area contributed by atoms with E-state index >= 15 is 0 Å². The summed E-state index contributed by atoms with van der Waals surface area (Å²) in [7, 11) is -4.22. The summed E-state index contributed by atoms with van der Waals surface area (Å²) in [5.41, 5.74) is 0.369. The van der Waals surface area contributed by atoms with E-state index < -0.39 is 26.7 Å². The maximum atomic E-state index is 12.3. The summed E-state index contributed by atoms with van der Waals surface area (Å²) in [6, 6.07) is 5.53. The number of carbonyl (C=O) groups is 1. The van der Waals surface area contributed by atoms with E-state index in [1.807, 2.05) is 10.8 Å². The van der Waals surface area contributed by atoms with Crippen LogP contribution in [0.3, 0.4) is 0 Å². The third kappa shape index (κ3) is 3.83. The number of rotatable bonds is 4. The Bertz CT molecular complexity index is 927. The maximum absolute atomic E-state index is 12.3. The van der Waals surface area contributed by atoms with Crippen LogP contribution in [0.1, 0.15) is 31.4 Å². The second-order valence-electron chi connectivity index (χ2n) is 6.52. The lowest BCUT2D eigenvalue weighted by Gasteiger charge is -2.20. The number of benzene rings is 1. The van der Waals surface area contributed by atoms with Gasteiger partial charge in [0, 0.05) is 11.6 Å². The molecule has 2 heterocycles. The summed E-state index contributed by atoms with van der Waals surface area (Å²) in [6.45, 7) is 3.53. The Morgan fingerprint density at radius 3 is 2.77 bits per heavy atom. The molecular weight excluding hydrogens is 360 g/mol. The molecule has 3 N–H and O–H groups in total. The third-order valence-electron chi connectivity index (χ3n) is 3.96. The molecule has 0 fully saturated rings. The number of anilines is 1. The number of aryl methyl sites for hydroxylation is 1. The van der Waals surface area contributed by atoms with Gasteiger partial charge >= 0.3 is 6.03 Å². The minimum atomic E-state index is -4.22. The van der Waals surface area contributed by atoms with Gasteiger partial charge in [0.05, 0.1) is 24.2 Å². The molecule has 0 aliphatic carbocycles. The molecule has 9 heteroatoms. The molecule has 140 valence electrons. The second-order valence-corrected chi connectivity index (χ2v) is 8.13. The summed E-state index contributed by atoms with van der Waals surface area (Å²) in [6.07, 6.45) is 2.85. The van der Waals surface area contributed by atoms with Gasteiger partial charge in [-0.3, -0.25) is 0 Å². The molecule has 0 bridgehead atoms. The zero-order chi connectivity index (χ0) is 18.9. The fourth-order valence-electron chi connectivity index (χ4n) is 2.59. The Morgan fingerprint density at radius 1 is 1.31 bits per heavy atom. The third-order valence-corrected chi connectivity index (χ3v) is 5.15. The van der Waals surface area contributed by atoms with Crippen LogP contribution in [0.5, 0.6) is 5.75 Å². The number of aliphatic hydroxyl groups is 1. The molecule has 8 nitrogen and oxygen atoms in total. The lowest BCUT2D eigenvalue weighted by Crippen LogP contribution is -2.34. The Hall–Kier alpha value is -2.52. The quantitative estimate of drug-likeness (QED) is 0.749. The highest BCUT2D eigenvalue weighted by molar-refractivity contribution is 7.89. The van der Waals surface area contributed by atoms with Gasteiger partial charge in [-0.15, -0.1) is 0 Å². The number of furan rings is 1. The van der Waals surface area contributed by atoms with Gasteiger partial charge in [0.25, 0.3) is 10.0 Å². The molecule has 1 aliphatic heterocycles. The normalized spacial score (nSPS) is 14.3. The number of urea groups is 1. The largest absolute Gasteiger partial charge is 0.491 e. The first kappa shape index (κ1) is 18.3. The highest BCUT2D eigenvalue weighted by Crippen LogP contribution is 2.32. The second kappa shape index (κ2) is 6.65. The summed E-state index contributed by atoms with van der Waals surface area (Å²) >= 11 is 0. The molecule has 0 atom stereocenters. The summed E-state index contributed by atoms with van der Waals surface area (Å²) in [5, 5.41) is 11.9. The van der Waals surface area contributed by atoms with Gasteiger partial charge in [0.1, 0.15) is 5.75 Å². The number of nitrogens with one attached hydrogen (secondary N) is 2. The predicted molar refractivity (Wildman–Crippen MR) is 93.6 cm³/mol. The Kier molecular flexibility index (Phi) is 4.68. The number of carbonyl (C=O) groups excluding carboxylic acids is 1. The van der Waals surface area contributed by atoms with Crippen molar-refractivity contribution >= 4 is 21.7 Å². The van der Waals surface area contributed by atoms with Gasteiger partial charge in [-0.05, 0) is 38.3 Å². The fraction of sp³-hybridized carbons (Fsp3) is 0.353. The summed E-state index contributed by atoms with van der Waals surface area (Å²) < 4.78 is 37.0. The zero-order valence-electron chi connectivity index (χ0n) is 14.4. The highest BCUT2D eigenvalue weighted by atomic mass is 32.2. The van der Waals surface area contributed by atoms with E-state index in [0.29, 0.717) is 18.0 Å². The smallest absolute Gasteiger partial charge is 0.333 e. The Labute approximate surface area is 151 Å². The Morgan fingerprint density at radius 2 is 2.08 bits per heavy atom. The zero-order valence-corrected chi connectivity index (χ0v) is 15.2.